The Hall–Kier alpha value is 4.98. The Morgan fingerprint density at radius 2 is 1.20 bits per heavy atom. The molecule has 30 valence electrons. The molecule has 5 heavy (non-hydrogen) atoms. The fraction of sp³-hybridized carbons (Fsp3) is 0. The SMILES string of the molecule is [Ce].[La].[O]=[Gd].[Tb]. The summed E-state index contributed by atoms with van der Waals surface area (Å²) in [7, 11) is 0. The molecule has 0 atom stereocenters. The van der Waals surface area contributed by atoms with Gasteiger partial charge in [0.1, 0.15) is 0 Å². The molecule has 0 aliphatic carbocycles. The zero-order valence-electron chi connectivity index (χ0n) is 2.17. The Morgan fingerprint density at radius 3 is 1.20 bits per heavy atom. The van der Waals surface area contributed by atoms with Gasteiger partial charge in [-0.15, -0.1) is 0 Å². The first-order valence-electron chi connectivity index (χ1n) is 0.144. The summed E-state index contributed by atoms with van der Waals surface area (Å²) in [5.74, 6) is 0. The maximum atomic E-state index is 8.28. The van der Waals surface area contributed by atoms with Crippen LogP contribution in [0.3, 0.4) is 0 Å². The third kappa shape index (κ3) is 17.6. The second kappa shape index (κ2) is 23.1. The van der Waals surface area contributed by atoms with E-state index in [0.717, 1.165) is 0 Å². The van der Waals surface area contributed by atoms with Crippen LogP contribution in [0.5, 0.6) is 0 Å². The van der Waals surface area contributed by atoms with Crippen molar-refractivity contribution in [1.82, 2.24) is 0 Å². The summed E-state index contributed by atoms with van der Waals surface area (Å²) >= 11 is 0.611. The van der Waals surface area contributed by atoms with Gasteiger partial charge in [0.2, 0.25) is 0 Å². The van der Waals surface area contributed by atoms with Crippen LogP contribution in [0.25, 0.3) is 0 Å². The van der Waals surface area contributed by atoms with Crippen molar-refractivity contribution < 1.29 is 155 Å². The van der Waals surface area contributed by atoms with Gasteiger partial charge in [-0.05, 0) is 0 Å². The van der Waals surface area contributed by atoms with Crippen LogP contribution < -0.4 is 0 Å². The van der Waals surface area contributed by atoms with Gasteiger partial charge in [0.05, 0.1) is 0 Å². The third-order valence-electron chi connectivity index (χ3n) is 0. The molecule has 0 aliphatic heterocycles. The van der Waals surface area contributed by atoms with Crippen molar-refractivity contribution in [2.45, 2.75) is 0 Å². The minimum absolute atomic E-state index is 0. The molecule has 0 aliphatic rings. The van der Waals surface area contributed by atoms with E-state index in [9.17, 15) is 0 Å². The molecule has 1 nitrogen and oxygen atoms in total. The van der Waals surface area contributed by atoms with Gasteiger partial charge >= 0.3 is 39.2 Å². The molecule has 0 amide bonds. The molecule has 0 saturated carbocycles. The second-order valence-electron chi connectivity index (χ2n) is 0. The van der Waals surface area contributed by atoms with Crippen LogP contribution in [0.1, 0.15) is 0 Å². The van der Waals surface area contributed by atoms with Crippen molar-refractivity contribution in [3.8, 4) is 0 Å². The Labute approximate surface area is 150 Å². The average Bonchev–Trinajstić information content (AvgIpc) is 1.00. The predicted octanol–water partition coefficient (Wildman–Crippen LogP) is -0.119. The average molecular weight is 611 g/mol. The maximum absolute atomic E-state index is 8.28. The zero-order chi connectivity index (χ0) is 2.00. The summed E-state index contributed by atoms with van der Waals surface area (Å²) in [5, 5.41) is 0. The van der Waals surface area contributed by atoms with Crippen molar-refractivity contribution in [3.05, 3.63) is 0 Å². The number of hydrogen-bond acceptors (Lipinski definition) is 1. The molecule has 0 aromatic heterocycles. The largest absolute Gasteiger partial charge is 0 e. The van der Waals surface area contributed by atoms with E-state index in [1.165, 1.54) is 0 Å². The minimum Gasteiger partial charge on any atom is 0 e. The van der Waals surface area contributed by atoms with Crippen LogP contribution in [0.4, 0.5) is 0 Å². The van der Waals surface area contributed by atoms with E-state index in [1.807, 2.05) is 0 Å². The Morgan fingerprint density at radius 1 is 1.20 bits per heavy atom. The molecule has 0 saturated heterocycles. The van der Waals surface area contributed by atoms with Gasteiger partial charge in [0.15, 0.2) is 0 Å². The molecule has 0 N–H and O–H groups in total. The van der Waals surface area contributed by atoms with Crippen molar-refractivity contribution in [1.29, 1.82) is 0 Å². The molecular weight excluding hydrogens is 611 g/mol. The maximum Gasteiger partial charge on any atom is 0 e. The number of rotatable bonds is 0. The van der Waals surface area contributed by atoms with Gasteiger partial charge in [-0.25, -0.2) is 0 Å². The summed E-state index contributed by atoms with van der Waals surface area (Å²) in [6.45, 7) is 0. The molecule has 5 heteroatoms. The summed E-state index contributed by atoms with van der Waals surface area (Å²) < 4.78 is 8.28. The van der Waals surface area contributed by atoms with E-state index in [0.29, 0.717) is 38.0 Å². The Kier molecular flexibility index (Phi) is 104. The zero-order valence-corrected chi connectivity index (χ0v) is 13.3. The monoisotopic (exact) mass is 612 g/mol. The summed E-state index contributed by atoms with van der Waals surface area (Å²) in [5.41, 5.74) is 0. The summed E-state index contributed by atoms with van der Waals surface area (Å²) in [6.07, 6.45) is 0. The molecule has 2 radical (unpaired) electrons. The van der Waals surface area contributed by atoms with Gasteiger partial charge in [0, 0.05) is 116 Å². The molecule has 0 bridgehead atoms. The molecular formula is CeGdLaOTb. The van der Waals surface area contributed by atoms with E-state index < -0.39 is 0 Å². The molecule has 0 aromatic carbocycles. The van der Waals surface area contributed by atoms with Crippen LogP contribution in [-0.4, -0.2) is 0 Å². The van der Waals surface area contributed by atoms with Gasteiger partial charge < -0.3 is 0 Å². The van der Waals surface area contributed by atoms with Crippen LogP contribution >= 0.6 is 0 Å². The quantitative estimate of drug-likeness (QED) is 0.374. The molecule has 0 rings (SSSR count). The fourth-order valence-electron chi connectivity index (χ4n) is 0. The molecule has 0 spiro atoms. The van der Waals surface area contributed by atoms with Gasteiger partial charge in [-0.1, -0.05) is 0 Å². The Balaban J connectivity index is -0.00000000167. The third-order valence-corrected chi connectivity index (χ3v) is 0. The number of hydrogen-bond donors (Lipinski definition) is 0. The fourth-order valence-corrected chi connectivity index (χ4v) is 0. The van der Waals surface area contributed by atoms with Crippen molar-refractivity contribution >= 4 is 0 Å². The van der Waals surface area contributed by atoms with Crippen LogP contribution in [0, 0.1) is 154 Å². The molecule has 0 heterocycles. The standard InChI is InChI=1S/Ce.Gd.La.O.Tb. The molecule has 0 unspecified atom stereocenters. The van der Waals surface area contributed by atoms with Gasteiger partial charge in [-0.3, -0.25) is 0 Å². The Bertz CT molecular complexity index is 11.6. The predicted molar refractivity (Wildman–Crippen MR) is 0.686 cm³/mol. The first kappa shape index (κ1) is 22.5. The smallest absolute Gasteiger partial charge is 0 e. The van der Waals surface area contributed by atoms with Crippen LogP contribution in [0.15, 0.2) is 0 Å². The molecule has 0 aromatic rings. The van der Waals surface area contributed by atoms with Crippen molar-refractivity contribution in [2.75, 3.05) is 0 Å². The van der Waals surface area contributed by atoms with Gasteiger partial charge in [-0.2, -0.15) is 0 Å². The van der Waals surface area contributed by atoms with Crippen LogP contribution in [-0.2, 0) is 1.16 Å². The molecule has 0 fully saturated rings. The first-order valence-corrected chi connectivity index (χ1v) is 1.07. The van der Waals surface area contributed by atoms with Crippen LogP contribution in [0.2, 0.25) is 0 Å². The topological polar surface area (TPSA) is 17.1 Å². The van der Waals surface area contributed by atoms with Crippen molar-refractivity contribution in [3.63, 3.8) is 0 Å². The van der Waals surface area contributed by atoms with Crippen molar-refractivity contribution in [2.24, 2.45) is 0 Å². The summed E-state index contributed by atoms with van der Waals surface area (Å²) in [4.78, 5) is 0. The second-order valence-corrected chi connectivity index (χ2v) is 0. The minimum atomic E-state index is 0. The van der Waals surface area contributed by atoms with Gasteiger partial charge in [0.25, 0.3) is 0 Å². The normalized spacial score (nSPS) is 1.00. The first-order chi connectivity index (χ1) is 1.00. The van der Waals surface area contributed by atoms with E-state index in [1.54, 1.807) is 0 Å². The van der Waals surface area contributed by atoms with E-state index >= 15 is 0 Å². The van der Waals surface area contributed by atoms with E-state index in [-0.39, 0.29) is 116 Å². The van der Waals surface area contributed by atoms with E-state index in [2.05, 4.69) is 0 Å². The summed E-state index contributed by atoms with van der Waals surface area (Å²) in [6, 6.07) is 0. The van der Waals surface area contributed by atoms with E-state index in [4.69, 9.17) is 1.16 Å².